The average molecular weight is 467 g/mol. The molecule has 0 fully saturated rings. The van der Waals surface area contributed by atoms with Crippen LogP contribution in [-0.4, -0.2) is 15.9 Å². The van der Waals surface area contributed by atoms with Crippen LogP contribution in [0.15, 0.2) is 78.4 Å². The first-order valence-electron chi connectivity index (χ1n) is 9.24. The van der Waals surface area contributed by atoms with Crippen LogP contribution in [0.5, 0.6) is 0 Å². The molecule has 2 heterocycles. The SMILES string of the molecule is O=C(/C=C/c1ccc(Cl)cc1Cl)Nc1ccc(Nc2nc(-c3ccncc3)cs2)cc1. The van der Waals surface area contributed by atoms with Crippen LogP contribution in [0, 0.1) is 0 Å². The number of rotatable bonds is 6. The van der Waals surface area contributed by atoms with Crippen LogP contribution in [0.25, 0.3) is 17.3 Å². The minimum absolute atomic E-state index is 0.256. The Morgan fingerprint density at radius 3 is 2.45 bits per heavy atom. The van der Waals surface area contributed by atoms with Crippen molar-refractivity contribution in [2.24, 2.45) is 0 Å². The predicted molar refractivity (Wildman–Crippen MR) is 129 cm³/mol. The molecule has 0 saturated heterocycles. The van der Waals surface area contributed by atoms with Crippen molar-refractivity contribution >= 4 is 63.0 Å². The number of halogens is 2. The normalized spacial score (nSPS) is 10.9. The van der Waals surface area contributed by atoms with E-state index >= 15 is 0 Å². The minimum atomic E-state index is -0.256. The highest BCUT2D eigenvalue weighted by Gasteiger charge is 2.05. The lowest BCUT2D eigenvalue weighted by atomic mass is 10.2. The Balaban J connectivity index is 1.35. The number of hydrogen-bond acceptors (Lipinski definition) is 5. The molecular weight excluding hydrogens is 451 g/mol. The molecule has 2 aromatic carbocycles. The van der Waals surface area contributed by atoms with Crippen LogP contribution >= 0.6 is 34.5 Å². The molecule has 2 aromatic heterocycles. The van der Waals surface area contributed by atoms with Crippen molar-refractivity contribution < 1.29 is 4.79 Å². The van der Waals surface area contributed by atoms with Crippen LogP contribution in [0.3, 0.4) is 0 Å². The van der Waals surface area contributed by atoms with E-state index in [2.05, 4.69) is 20.6 Å². The van der Waals surface area contributed by atoms with Crippen molar-refractivity contribution in [3.8, 4) is 11.3 Å². The zero-order chi connectivity index (χ0) is 21.6. The fourth-order valence-corrected chi connectivity index (χ4v) is 3.94. The zero-order valence-corrected chi connectivity index (χ0v) is 18.4. The van der Waals surface area contributed by atoms with Crippen molar-refractivity contribution in [2.45, 2.75) is 0 Å². The average Bonchev–Trinajstić information content (AvgIpc) is 3.24. The summed E-state index contributed by atoms with van der Waals surface area (Å²) in [5.41, 5.74) is 4.18. The van der Waals surface area contributed by atoms with Gasteiger partial charge in [-0.25, -0.2) is 4.98 Å². The van der Waals surface area contributed by atoms with E-state index in [0.29, 0.717) is 15.7 Å². The summed E-state index contributed by atoms with van der Waals surface area (Å²) in [5.74, 6) is -0.256. The van der Waals surface area contributed by atoms with E-state index in [-0.39, 0.29) is 5.91 Å². The van der Waals surface area contributed by atoms with Gasteiger partial charge in [-0.2, -0.15) is 0 Å². The second-order valence-electron chi connectivity index (χ2n) is 6.46. The van der Waals surface area contributed by atoms with E-state index in [9.17, 15) is 4.79 Å². The summed E-state index contributed by atoms with van der Waals surface area (Å²) in [5, 5.41) is 9.90. The standard InChI is InChI=1S/C23H16Cl2N4OS/c24-17-3-1-15(20(25)13-17)2-8-22(30)27-18-4-6-19(7-5-18)28-23-29-21(14-31-23)16-9-11-26-12-10-16/h1-14H,(H,27,30)(H,28,29)/b8-2+. The number of carbonyl (C=O) groups excluding carboxylic acids is 1. The molecule has 0 aliphatic carbocycles. The van der Waals surface area contributed by atoms with E-state index < -0.39 is 0 Å². The number of benzene rings is 2. The largest absolute Gasteiger partial charge is 0.332 e. The summed E-state index contributed by atoms with van der Waals surface area (Å²) >= 11 is 13.5. The first-order valence-corrected chi connectivity index (χ1v) is 10.9. The van der Waals surface area contributed by atoms with Gasteiger partial charge in [-0.3, -0.25) is 9.78 Å². The van der Waals surface area contributed by atoms with Gasteiger partial charge in [-0.15, -0.1) is 11.3 Å². The Bertz CT molecular complexity index is 1220. The maximum absolute atomic E-state index is 12.2. The van der Waals surface area contributed by atoms with E-state index in [4.69, 9.17) is 23.2 Å². The summed E-state index contributed by atoms with van der Waals surface area (Å²) in [6, 6.07) is 16.4. The zero-order valence-electron chi connectivity index (χ0n) is 16.0. The maximum Gasteiger partial charge on any atom is 0.248 e. The molecule has 8 heteroatoms. The molecule has 1 amide bonds. The van der Waals surface area contributed by atoms with Crippen LogP contribution in [-0.2, 0) is 4.79 Å². The molecule has 0 spiro atoms. The minimum Gasteiger partial charge on any atom is -0.332 e. The van der Waals surface area contributed by atoms with Crippen LogP contribution < -0.4 is 10.6 Å². The van der Waals surface area contributed by atoms with Gasteiger partial charge in [0.25, 0.3) is 0 Å². The molecule has 0 saturated carbocycles. The van der Waals surface area contributed by atoms with Crippen LogP contribution in [0.1, 0.15) is 5.56 Å². The summed E-state index contributed by atoms with van der Waals surface area (Å²) in [7, 11) is 0. The third kappa shape index (κ3) is 5.70. The fraction of sp³-hybridized carbons (Fsp3) is 0. The molecule has 154 valence electrons. The highest BCUT2D eigenvalue weighted by Crippen LogP contribution is 2.27. The smallest absolute Gasteiger partial charge is 0.248 e. The summed E-state index contributed by atoms with van der Waals surface area (Å²) in [6.45, 7) is 0. The Kier molecular flexibility index (Phi) is 6.62. The van der Waals surface area contributed by atoms with E-state index in [1.165, 1.54) is 17.4 Å². The second-order valence-corrected chi connectivity index (χ2v) is 8.17. The molecule has 0 radical (unpaired) electrons. The van der Waals surface area contributed by atoms with Gasteiger partial charge < -0.3 is 10.6 Å². The summed E-state index contributed by atoms with van der Waals surface area (Å²) in [4.78, 5) is 20.8. The first kappa shape index (κ1) is 21.1. The molecule has 4 rings (SSSR count). The van der Waals surface area contributed by atoms with Crippen LogP contribution in [0.4, 0.5) is 16.5 Å². The number of anilines is 3. The molecular formula is C23H16Cl2N4OS. The van der Waals surface area contributed by atoms with Gasteiger partial charge in [-0.05, 0) is 60.2 Å². The van der Waals surface area contributed by atoms with Gasteiger partial charge in [0.05, 0.1) is 5.69 Å². The number of aromatic nitrogens is 2. The molecule has 5 nitrogen and oxygen atoms in total. The number of pyridine rings is 1. The van der Waals surface area contributed by atoms with Crippen molar-refractivity contribution in [1.29, 1.82) is 0 Å². The lowest BCUT2D eigenvalue weighted by molar-refractivity contribution is -0.111. The quantitative estimate of drug-likeness (QED) is 0.303. The van der Waals surface area contributed by atoms with Gasteiger partial charge in [0.2, 0.25) is 5.91 Å². The number of nitrogens with one attached hydrogen (secondary N) is 2. The molecule has 0 unspecified atom stereocenters. The third-order valence-electron chi connectivity index (χ3n) is 4.26. The molecule has 0 aliphatic heterocycles. The monoisotopic (exact) mass is 466 g/mol. The van der Waals surface area contributed by atoms with Crippen LogP contribution in [0.2, 0.25) is 10.0 Å². The molecule has 0 atom stereocenters. The van der Waals surface area contributed by atoms with E-state index in [1.54, 1.807) is 36.7 Å². The number of nitrogens with zero attached hydrogens (tertiary/aromatic N) is 2. The third-order valence-corrected chi connectivity index (χ3v) is 5.58. The summed E-state index contributed by atoms with van der Waals surface area (Å²) in [6.07, 6.45) is 6.56. The van der Waals surface area contributed by atoms with Crippen molar-refractivity contribution in [1.82, 2.24) is 9.97 Å². The lowest BCUT2D eigenvalue weighted by Crippen LogP contribution is -2.07. The molecule has 31 heavy (non-hydrogen) atoms. The molecule has 0 aliphatic rings. The maximum atomic E-state index is 12.2. The molecule has 0 bridgehead atoms. The number of carbonyl (C=O) groups is 1. The Morgan fingerprint density at radius 2 is 1.71 bits per heavy atom. The highest BCUT2D eigenvalue weighted by molar-refractivity contribution is 7.14. The summed E-state index contributed by atoms with van der Waals surface area (Å²) < 4.78 is 0. The van der Waals surface area contributed by atoms with E-state index in [1.807, 2.05) is 41.8 Å². The second kappa shape index (κ2) is 9.75. The highest BCUT2D eigenvalue weighted by atomic mass is 35.5. The Hall–Kier alpha value is -3.19. The topological polar surface area (TPSA) is 66.9 Å². The van der Waals surface area contributed by atoms with Crippen molar-refractivity contribution in [2.75, 3.05) is 10.6 Å². The number of amides is 1. The lowest BCUT2D eigenvalue weighted by Gasteiger charge is -2.06. The Labute approximate surface area is 193 Å². The van der Waals surface area contributed by atoms with Crippen molar-refractivity contribution in [3.63, 3.8) is 0 Å². The van der Waals surface area contributed by atoms with Gasteiger partial charge in [0, 0.05) is 50.8 Å². The fourth-order valence-electron chi connectivity index (χ4n) is 2.73. The van der Waals surface area contributed by atoms with Gasteiger partial charge >= 0.3 is 0 Å². The van der Waals surface area contributed by atoms with Gasteiger partial charge in [-0.1, -0.05) is 29.3 Å². The van der Waals surface area contributed by atoms with E-state index in [0.717, 1.165) is 27.6 Å². The van der Waals surface area contributed by atoms with Gasteiger partial charge in [0.15, 0.2) is 5.13 Å². The predicted octanol–water partition coefficient (Wildman–Crippen LogP) is 6.91. The number of thiazole rings is 1. The molecule has 4 aromatic rings. The Morgan fingerprint density at radius 1 is 0.968 bits per heavy atom. The first-order chi connectivity index (χ1) is 15.1. The molecule has 2 N–H and O–H groups in total. The number of hydrogen-bond donors (Lipinski definition) is 2. The van der Waals surface area contributed by atoms with Crippen molar-refractivity contribution in [3.05, 3.63) is 94.1 Å². The van der Waals surface area contributed by atoms with Gasteiger partial charge in [0.1, 0.15) is 0 Å².